The van der Waals surface area contributed by atoms with Crippen LogP contribution in [0.4, 0.5) is 0 Å². The van der Waals surface area contributed by atoms with E-state index in [1.54, 1.807) is 0 Å². The second-order valence-electron chi connectivity index (χ2n) is 6.50. The molecule has 0 aliphatic heterocycles. The molecule has 0 fully saturated rings. The van der Waals surface area contributed by atoms with Gasteiger partial charge in [-0.2, -0.15) is 0 Å². The van der Waals surface area contributed by atoms with Crippen molar-refractivity contribution in [2.75, 3.05) is 0 Å². The highest BCUT2D eigenvalue weighted by Gasteiger charge is 2.10. The third-order valence-electron chi connectivity index (χ3n) is 4.70. The van der Waals surface area contributed by atoms with Crippen LogP contribution in [-0.2, 0) is 0 Å². The van der Waals surface area contributed by atoms with Crippen molar-refractivity contribution in [2.45, 2.75) is 13.8 Å². The summed E-state index contributed by atoms with van der Waals surface area (Å²) in [5, 5.41) is 7.38. The molecule has 110 valence electrons. The van der Waals surface area contributed by atoms with Gasteiger partial charge in [0, 0.05) is 10.8 Å². The Kier molecular flexibility index (Phi) is 2.41. The van der Waals surface area contributed by atoms with Crippen molar-refractivity contribution >= 4 is 43.5 Å². The standard InChI is InChI=1S/C22H16O/c1-13-3-5-15-11-21-19(9-17(15)7-13)20-10-18-8-14(2)4-6-16(18)12-22(20)23-21/h3-12H,1-2H3. The van der Waals surface area contributed by atoms with Crippen LogP contribution in [0.5, 0.6) is 0 Å². The number of furan rings is 1. The van der Waals surface area contributed by atoms with Gasteiger partial charge in [0.05, 0.1) is 0 Å². The molecular weight excluding hydrogens is 280 g/mol. The van der Waals surface area contributed by atoms with Crippen LogP contribution in [0.2, 0.25) is 0 Å². The van der Waals surface area contributed by atoms with Gasteiger partial charge in [0.25, 0.3) is 0 Å². The summed E-state index contributed by atoms with van der Waals surface area (Å²) in [4.78, 5) is 0. The Morgan fingerprint density at radius 1 is 0.522 bits per heavy atom. The van der Waals surface area contributed by atoms with Crippen LogP contribution in [0.3, 0.4) is 0 Å². The molecule has 5 aromatic rings. The van der Waals surface area contributed by atoms with Gasteiger partial charge in [0.15, 0.2) is 0 Å². The van der Waals surface area contributed by atoms with Crippen molar-refractivity contribution in [3.05, 3.63) is 71.8 Å². The molecule has 1 heteroatoms. The third kappa shape index (κ3) is 1.86. The van der Waals surface area contributed by atoms with Crippen LogP contribution in [0.25, 0.3) is 43.5 Å². The molecule has 0 atom stereocenters. The van der Waals surface area contributed by atoms with E-state index in [0.29, 0.717) is 0 Å². The fourth-order valence-corrected chi connectivity index (χ4v) is 3.50. The van der Waals surface area contributed by atoms with E-state index in [2.05, 4.69) is 74.5 Å². The summed E-state index contributed by atoms with van der Waals surface area (Å²) in [5.41, 5.74) is 4.49. The lowest BCUT2D eigenvalue weighted by atomic mass is 10.0. The number of hydrogen-bond acceptors (Lipinski definition) is 1. The quantitative estimate of drug-likeness (QED) is 0.317. The van der Waals surface area contributed by atoms with Crippen LogP contribution in [0.1, 0.15) is 11.1 Å². The van der Waals surface area contributed by atoms with Gasteiger partial charge in [-0.15, -0.1) is 0 Å². The van der Waals surface area contributed by atoms with Crippen molar-refractivity contribution in [1.29, 1.82) is 0 Å². The first kappa shape index (κ1) is 12.7. The summed E-state index contributed by atoms with van der Waals surface area (Å²) in [6, 6.07) is 21.9. The van der Waals surface area contributed by atoms with Crippen LogP contribution in [-0.4, -0.2) is 0 Å². The maximum absolute atomic E-state index is 6.13. The number of rotatable bonds is 0. The lowest BCUT2D eigenvalue weighted by Gasteiger charge is -2.01. The highest BCUT2D eigenvalue weighted by Crippen LogP contribution is 2.35. The largest absolute Gasteiger partial charge is 0.456 e. The molecule has 0 radical (unpaired) electrons. The van der Waals surface area contributed by atoms with Gasteiger partial charge in [-0.05, 0) is 59.7 Å². The topological polar surface area (TPSA) is 13.1 Å². The lowest BCUT2D eigenvalue weighted by Crippen LogP contribution is -1.77. The van der Waals surface area contributed by atoms with E-state index in [4.69, 9.17) is 4.42 Å². The summed E-state index contributed by atoms with van der Waals surface area (Å²) in [5.74, 6) is 0. The molecule has 1 nitrogen and oxygen atoms in total. The molecule has 0 saturated heterocycles. The van der Waals surface area contributed by atoms with Gasteiger partial charge in [0.1, 0.15) is 11.2 Å². The third-order valence-corrected chi connectivity index (χ3v) is 4.70. The second kappa shape index (κ2) is 4.36. The molecule has 0 aliphatic rings. The van der Waals surface area contributed by atoms with Gasteiger partial charge in [0.2, 0.25) is 0 Å². The molecule has 0 N–H and O–H groups in total. The minimum absolute atomic E-state index is 0.961. The molecule has 23 heavy (non-hydrogen) atoms. The zero-order valence-corrected chi connectivity index (χ0v) is 13.2. The van der Waals surface area contributed by atoms with E-state index >= 15 is 0 Å². The van der Waals surface area contributed by atoms with Crippen LogP contribution in [0, 0.1) is 13.8 Å². The number of aryl methyl sites for hydroxylation is 2. The Morgan fingerprint density at radius 2 is 1.00 bits per heavy atom. The average molecular weight is 296 g/mol. The van der Waals surface area contributed by atoms with E-state index < -0.39 is 0 Å². The molecule has 1 heterocycles. The summed E-state index contributed by atoms with van der Waals surface area (Å²) < 4.78 is 6.13. The maximum atomic E-state index is 6.13. The highest BCUT2D eigenvalue weighted by molar-refractivity contribution is 6.13. The molecule has 0 saturated carbocycles. The van der Waals surface area contributed by atoms with Gasteiger partial charge in [-0.3, -0.25) is 0 Å². The van der Waals surface area contributed by atoms with Crippen molar-refractivity contribution in [1.82, 2.24) is 0 Å². The summed E-state index contributed by atoms with van der Waals surface area (Å²) in [6.07, 6.45) is 0. The smallest absolute Gasteiger partial charge is 0.136 e. The van der Waals surface area contributed by atoms with E-state index in [1.165, 1.54) is 43.4 Å². The minimum atomic E-state index is 0.961. The summed E-state index contributed by atoms with van der Waals surface area (Å²) in [6.45, 7) is 4.26. The molecule has 1 aromatic heterocycles. The zero-order chi connectivity index (χ0) is 15.6. The Balaban J connectivity index is 1.95. The fraction of sp³-hybridized carbons (Fsp3) is 0.0909. The molecule has 0 aliphatic carbocycles. The van der Waals surface area contributed by atoms with E-state index in [1.807, 2.05) is 0 Å². The van der Waals surface area contributed by atoms with E-state index in [9.17, 15) is 0 Å². The zero-order valence-electron chi connectivity index (χ0n) is 13.2. The second-order valence-corrected chi connectivity index (χ2v) is 6.50. The van der Waals surface area contributed by atoms with E-state index in [-0.39, 0.29) is 0 Å². The summed E-state index contributed by atoms with van der Waals surface area (Å²) in [7, 11) is 0. The molecule has 0 amide bonds. The Bertz CT molecular complexity index is 1130. The van der Waals surface area contributed by atoms with Gasteiger partial charge < -0.3 is 4.42 Å². The molecule has 0 spiro atoms. The normalized spacial score (nSPS) is 11.9. The van der Waals surface area contributed by atoms with Crippen LogP contribution < -0.4 is 0 Å². The van der Waals surface area contributed by atoms with Gasteiger partial charge >= 0.3 is 0 Å². The van der Waals surface area contributed by atoms with E-state index in [0.717, 1.165) is 11.2 Å². The van der Waals surface area contributed by atoms with Crippen molar-refractivity contribution in [3.8, 4) is 0 Å². The average Bonchev–Trinajstić information content (AvgIpc) is 2.87. The molecule has 5 rings (SSSR count). The monoisotopic (exact) mass is 296 g/mol. The number of fused-ring (bicyclic) bond motifs is 5. The van der Waals surface area contributed by atoms with Crippen LogP contribution in [0.15, 0.2) is 65.1 Å². The van der Waals surface area contributed by atoms with Crippen LogP contribution >= 0.6 is 0 Å². The molecule has 0 unspecified atom stereocenters. The number of hydrogen-bond donors (Lipinski definition) is 0. The molecular formula is C22H16O. The van der Waals surface area contributed by atoms with Crippen molar-refractivity contribution < 1.29 is 4.42 Å². The Morgan fingerprint density at radius 3 is 1.48 bits per heavy atom. The molecule has 0 bridgehead atoms. The lowest BCUT2D eigenvalue weighted by molar-refractivity contribution is 0.670. The maximum Gasteiger partial charge on any atom is 0.136 e. The minimum Gasteiger partial charge on any atom is -0.456 e. The van der Waals surface area contributed by atoms with Gasteiger partial charge in [-0.25, -0.2) is 0 Å². The molecule has 4 aromatic carbocycles. The first-order valence-corrected chi connectivity index (χ1v) is 7.94. The predicted octanol–water partition coefficient (Wildman–Crippen LogP) is 6.51. The fourth-order valence-electron chi connectivity index (χ4n) is 3.50. The SMILES string of the molecule is Cc1ccc2cc3oc4cc5ccc(C)cc5cc4c3cc2c1. The first-order valence-electron chi connectivity index (χ1n) is 7.94. The van der Waals surface area contributed by atoms with Crippen molar-refractivity contribution in [3.63, 3.8) is 0 Å². The Labute approximate surface area is 134 Å². The first-order chi connectivity index (χ1) is 11.2. The number of benzene rings is 4. The summed E-state index contributed by atoms with van der Waals surface area (Å²) >= 11 is 0. The predicted molar refractivity (Wildman–Crippen MR) is 98.2 cm³/mol. The van der Waals surface area contributed by atoms with Gasteiger partial charge in [-0.1, -0.05) is 47.5 Å². The Hall–Kier alpha value is -2.80. The van der Waals surface area contributed by atoms with Crippen molar-refractivity contribution in [2.24, 2.45) is 0 Å². The highest BCUT2D eigenvalue weighted by atomic mass is 16.3.